The topological polar surface area (TPSA) is 28.2 Å². The van der Waals surface area contributed by atoms with Crippen molar-refractivity contribution < 1.29 is 0 Å². The zero-order valence-corrected chi connectivity index (χ0v) is 15.7. The molecule has 0 aliphatic carbocycles. The second-order valence-corrected chi connectivity index (χ2v) is 8.09. The van der Waals surface area contributed by atoms with Crippen LogP contribution in [0, 0.1) is 0 Å². The van der Waals surface area contributed by atoms with Crippen molar-refractivity contribution in [3.63, 3.8) is 0 Å². The van der Waals surface area contributed by atoms with Crippen LogP contribution >= 0.6 is 11.3 Å². The standard InChI is InChI=1S/C21H25N3S/c1-15(2)16-7-9-17(10-8-16)20(24-13-11-22-12-14-24)21-23-18-5-3-4-6-19(18)25-21/h3-10,15,20,22H,11-14H2,1-2H3. The second-order valence-electron chi connectivity index (χ2n) is 7.03. The maximum Gasteiger partial charge on any atom is 0.116 e. The lowest BCUT2D eigenvalue weighted by Crippen LogP contribution is -2.45. The monoisotopic (exact) mass is 351 g/mol. The molecule has 0 spiro atoms. The Balaban J connectivity index is 1.75. The molecule has 0 amide bonds. The van der Waals surface area contributed by atoms with Crippen molar-refractivity contribution in [3.05, 3.63) is 64.7 Å². The van der Waals surface area contributed by atoms with E-state index in [1.165, 1.54) is 20.8 Å². The third-order valence-corrected chi connectivity index (χ3v) is 6.07. The molecule has 2 aromatic carbocycles. The number of hydrogen-bond acceptors (Lipinski definition) is 4. The summed E-state index contributed by atoms with van der Waals surface area (Å²) in [7, 11) is 0. The van der Waals surface area contributed by atoms with Gasteiger partial charge in [0, 0.05) is 26.2 Å². The number of aromatic nitrogens is 1. The molecular weight excluding hydrogens is 326 g/mol. The van der Waals surface area contributed by atoms with Gasteiger partial charge in [0.2, 0.25) is 0 Å². The molecular formula is C21H25N3S. The number of para-hydroxylation sites is 1. The summed E-state index contributed by atoms with van der Waals surface area (Å²) in [6, 6.07) is 17.9. The van der Waals surface area contributed by atoms with E-state index in [4.69, 9.17) is 4.98 Å². The number of benzene rings is 2. The van der Waals surface area contributed by atoms with Crippen LogP contribution in [-0.4, -0.2) is 36.1 Å². The average molecular weight is 352 g/mol. The molecule has 1 aliphatic rings. The highest BCUT2D eigenvalue weighted by Gasteiger charge is 2.26. The van der Waals surface area contributed by atoms with Crippen LogP contribution in [0.5, 0.6) is 0 Å². The Bertz CT molecular complexity index is 799. The number of thiazole rings is 1. The summed E-state index contributed by atoms with van der Waals surface area (Å²) >= 11 is 1.83. The molecule has 4 heteroatoms. The number of nitrogens with one attached hydrogen (secondary N) is 1. The first-order valence-electron chi connectivity index (χ1n) is 9.12. The van der Waals surface area contributed by atoms with Gasteiger partial charge in [0.15, 0.2) is 0 Å². The number of rotatable bonds is 4. The minimum Gasteiger partial charge on any atom is -0.314 e. The number of piperazine rings is 1. The van der Waals surface area contributed by atoms with E-state index in [0.29, 0.717) is 5.92 Å². The van der Waals surface area contributed by atoms with E-state index in [-0.39, 0.29) is 6.04 Å². The first-order chi connectivity index (χ1) is 12.2. The SMILES string of the molecule is CC(C)c1ccc(C(c2nc3ccccc3s2)N2CCNCC2)cc1. The molecule has 1 unspecified atom stereocenters. The Labute approximate surface area is 153 Å². The van der Waals surface area contributed by atoms with Crippen LogP contribution in [0.2, 0.25) is 0 Å². The van der Waals surface area contributed by atoms with Crippen LogP contribution in [0.4, 0.5) is 0 Å². The van der Waals surface area contributed by atoms with Crippen molar-refractivity contribution in [2.75, 3.05) is 26.2 Å². The van der Waals surface area contributed by atoms with Crippen molar-refractivity contribution in [2.24, 2.45) is 0 Å². The molecule has 4 rings (SSSR count). The van der Waals surface area contributed by atoms with Gasteiger partial charge in [-0.1, -0.05) is 50.2 Å². The van der Waals surface area contributed by atoms with Gasteiger partial charge in [-0.3, -0.25) is 4.90 Å². The Hall–Kier alpha value is -1.75. The fourth-order valence-corrected chi connectivity index (χ4v) is 4.65. The number of hydrogen-bond donors (Lipinski definition) is 1. The van der Waals surface area contributed by atoms with E-state index >= 15 is 0 Å². The summed E-state index contributed by atoms with van der Waals surface area (Å²) in [5, 5.41) is 4.67. The Morgan fingerprint density at radius 2 is 1.64 bits per heavy atom. The molecule has 0 saturated carbocycles. The van der Waals surface area contributed by atoms with Gasteiger partial charge in [-0.2, -0.15) is 0 Å². The number of fused-ring (bicyclic) bond motifs is 1. The average Bonchev–Trinajstić information content (AvgIpc) is 3.07. The Morgan fingerprint density at radius 1 is 0.960 bits per heavy atom. The van der Waals surface area contributed by atoms with Gasteiger partial charge in [-0.05, 0) is 29.2 Å². The molecule has 2 heterocycles. The highest BCUT2D eigenvalue weighted by molar-refractivity contribution is 7.18. The van der Waals surface area contributed by atoms with Gasteiger partial charge in [0.1, 0.15) is 5.01 Å². The Morgan fingerprint density at radius 3 is 2.32 bits per heavy atom. The van der Waals surface area contributed by atoms with E-state index in [1.54, 1.807) is 0 Å². The quantitative estimate of drug-likeness (QED) is 0.754. The minimum atomic E-state index is 0.251. The molecule has 25 heavy (non-hydrogen) atoms. The van der Waals surface area contributed by atoms with E-state index in [9.17, 15) is 0 Å². The molecule has 1 aromatic heterocycles. The van der Waals surface area contributed by atoms with Crippen molar-refractivity contribution in [1.29, 1.82) is 0 Å². The summed E-state index contributed by atoms with van der Waals surface area (Å²) in [5.41, 5.74) is 3.86. The largest absolute Gasteiger partial charge is 0.314 e. The molecule has 130 valence electrons. The van der Waals surface area contributed by atoms with Crippen LogP contribution in [0.15, 0.2) is 48.5 Å². The van der Waals surface area contributed by atoms with Crippen molar-refractivity contribution in [2.45, 2.75) is 25.8 Å². The van der Waals surface area contributed by atoms with E-state index in [1.807, 2.05) is 11.3 Å². The van der Waals surface area contributed by atoms with Crippen LogP contribution in [0.25, 0.3) is 10.2 Å². The fraction of sp³-hybridized carbons (Fsp3) is 0.381. The summed E-state index contributed by atoms with van der Waals surface area (Å²) < 4.78 is 1.27. The molecule has 3 aromatic rings. The fourth-order valence-electron chi connectivity index (χ4n) is 3.52. The molecule has 0 bridgehead atoms. The minimum absolute atomic E-state index is 0.251. The third-order valence-electron chi connectivity index (χ3n) is 4.98. The van der Waals surface area contributed by atoms with Gasteiger partial charge in [0.05, 0.1) is 16.3 Å². The smallest absolute Gasteiger partial charge is 0.116 e. The van der Waals surface area contributed by atoms with Gasteiger partial charge < -0.3 is 5.32 Å². The van der Waals surface area contributed by atoms with E-state index in [0.717, 1.165) is 31.7 Å². The van der Waals surface area contributed by atoms with Gasteiger partial charge in [-0.15, -0.1) is 11.3 Å². The van der Waals surface area contributed by atoms with E-state index in [2.05, 4.69) is 72.6 Å². The molecule has 1 N–H and O–H groups in total. The van der Waals surface area contributed by atoms with Crippen molar-refractivity contribution >= 4 is 21.6 Å². The van der Waals surface area contributed by atoms with Gasteiger partial charge in [0.25, 0.3) is 0 Å². The molecule has 1 atom stereocenters. The van der Waals surface area contributed by atoms with E-state index < -0.39 is 0 Å². The normalized spacial score (nSPS) is 17.2. The van der Waals surface area contributed by atoms with Crippen LogP contribution in [-0.2, 0) is 0 Å². The Kier molecular flexibility index (Phi) is 4.84. The van der Waals surface area contributed by atoms with Crippen molar-refractivity contribution in [3.8, 4) is 0 Å². The molecule has 1 saturated heterocycles. The van der Waals surface area contributed by atoms with Crippen LogP contribution < -0.4 is 5.32 Å². The van der Waals surface area contributed by atoms with Crippen molar-refractivity contribution in [1.82, 2.24) is 15.2 Å². The predicted octanol–water partition coefficient (Wildman–Crippen LogP) is 4.41. The summed E-state index contributed by atoms with van der Waals surface area (Å²) in [6.07, 6.45) is 0. The lowest BCUT2D eigenvalue weighted by Gasteiger charge is -2.34. The summed E-state index contributed by atoms with van der Waals surface area (Å²) in [4.78, 5) is 7.55. The zero-order valence-electron chi connectivity index (χ0n) is 14.9. The second kappa shape index (κ2) is 7.24. The van der Waals surface area contributed by atoms with Gasteiger partial charge >= 0.3 is 0 Å². The lowest BCUT2D eigenvalue weighted by molar-refractivity contribution is 0.198. The van der Waals surface area contributed by atoms with Crippen LogP contribution in [0.1, 0.15) is 41.9 Å². The maximum absolute atomic E-state index is 4.98. The predicted molar refractivity (Wildman–Crippen MR) is 106 cm³/mol. The summed E-state index contributed by atoms with van der Waals surface area (Å²) in [5.74, 6) is 0.564. The molecule has 1 aliphatic heterocycles. The molecule has 1 fully saturated rings. The maximum atomic E-state index is 4.98. The third kappa shape index (κ3) is 3.47. The van der Waals surface area contributed by atoms with Gasteiger partial charge in [-0.25, -0.2) is 4.98 Å². The summed E-state index contributed by atoms with van der Waals surface area (Å²) in [6.45, 7) is 8.71. The first-order valence-corrected chi connectivity index (χ1v) is 9.94. The number of nitrogens with zero attached hydrogens (tertiary/aromatic N) is 2. The first kappa shape index (κ1) is 16.7. The van der Waals surface area contributed by atoms with Crippen LogP contribution in [0.3, 0.4) is 0 Å². The lowest BCUT2D eigenvalue weighted by atomic mass is 9.98. The molecule has 3 nitrogen and oxygen atoms in total. The molecule has 0 radical (unpaired) electrons. The highest BCUT2D eigenvalue weighted by atomic mass is 32.1. The highest BCUT2D eigenvalue weighted by Crippen LogP contribution is 2.35. The zero-order chi connectivity index (χ0) is 17.2.